The molecular weight excluding hydrogens is 741 g/mol. The monoisotopic (exact) mass is 778 g/mol. The summed E-state index contributed by atoms with van der Waals surface area (Å²) in [5.74, 6) is 0. The highest BCUT2D eigenvalue weighted by atomic mass is 16.3. The third-order valence-electron chi connectivity index (χ3n) is 13.1. The van der Waals surface area contributed by atoms with Crippen LogP contribution in [-0.2, 0) is 6.42 Å². The van der Waals surface area contributed by atoms with Gasteiger partial charge in [-0.2, -0.15) is 0 Å². The minimum atomic E-state index is 0.737. The molecule has 0 saturated carbocycles. The topological polar surface area (TPSA) is 30.4 Å². The first-order valence-electron chi connectivity index (χ1n) is 21.3. The number of rotatable bonds is 3. The summed E-state index contributed by atoms with van der Waals surface area (Å²) in [6, 6.07) is 68.8. The first kappa shape index (κ1) is 34.1. The molecule has 286 valence electrons. The Kier molecular flexibility index (Phi) is 7.49. The summed E-state index contributed by atoms with van der Waals surface area (Å²) in [4.78, 5) is 5.95. The Balaban J connectivity index is 1.18. The van der Waals surface area contributed by atoms with Crippen molar-refractivity contribution in [2.45, 2.75) is 19.3 Å². The maximum absolute atomic E-state index is 6.71. The summed E-state index contributed by atoms with van der Waals surface area (Å²) in [6.45, 7) is 0. The lowest BCUT2D eigenvalue weighted by Gasteiger charge is -2.23. The molecule has 2 aliphatic heterocycles. The van der Waals surface area contributed by atoms with Crippen LogP contribution in [-0.4, -0.2) is 10.3 Å². The fourth-order valence-corrected chi connectivity index (χ4v) is 10.2. The van der Waals surface area contributed by atoms with Crippen molar-refractivity contribution >= 4 is 82.3 Å². The molecule has 3 heteroatoms. The zero-order chi connectivity index (χ0) is 40.0. The van der Waals surface area contributed by atoms with Crippen LogP contribution < -0.4 is 0 Å². The Labute approximate surface area is 352 Å². The van der Waals surface area contributed by atoms with Crippen LogP contribution in [0.3, 0.4) is 0 Å². The molecular formula is C58H38N2O. The van der Waals surface area contributed by atoms with Gasteiger partial charge in [-0.25, -0.2) is 4.99 Å². The molecule has 0 aliphatic carbocycles. The van der Waals surface area contributed by atoms with E-state index in [1.165, 1.54) is 76.8 Å². The quantitative estimate of drug-likeness (QED) is 0.176. The maximum Gasteiger partial charge on any atom is 0.137 e. The van der Waals surface area contributed by atoms with E-state index in [4.69, 9.17) is 9.41 Å². The molecule has 2 aliphatic rings. The third-order valence-corrected chi connectivity index (χ3v) is 13.1. The van der Waals surface area contributed by atoms with Crippen LogP contribution in [0.15, 0.2) is 209 Å². The zero-order valence-corrected chi connectivity index (χ0v) is 33.4. The van der Waals surface area contributed by atoms with E-state index in [-0.39, 0.29) is 0 Å². The van der Waals surface area contributed by atoms with Gasteiger partial charge in [0.25, 0.3) is 0 Å². The fourth-order valence-electron chi connectivity index (χ4n) is 10.2. The number of benzene rings is 9. The van der Waals surface area contributed by atoms with Gasteiger partial charge in [-0.1, -0.05) is 146 Å². The van der Waals surface area contributed by atoms with E-state index in [1.807, 2.05) is 0 Å². The number of hydrogen-bond donors (Lipinski definition) is 0. The highest BCUT2D eigenvalue weighted by molar-refractivity contribution is 6.26. The van der Waals surface area contributed by atoms with Crippen LogP contribution in [0.25, 0.3) is 93.4 Å². The van der Waals surface area contributed by atoms with E-state index in [9.17, 15) is 0 Å². The first-order chi connectivity index (χ1) is 30.2. The molecule has 2 bridgehead atoms. The Morgan fingerprint density at radius 3 is 2.08 bits per heavy atom. The Bertz CT molecular complexity index is 3720. The molecule has 0 atom stereocenters. The number of allylic oxidation sites excluding steroid dienone is 3. The van der Waals surface area contributed by atoms with E-state index in [1.54, 1.807) is 0 Å². The van der Waals surface area contributed by atoms with Crippen LogP contribution >= 0.6 is 0 Å². The standard InChI is InChI=1S/C58H38N2O/c1-2-12-37(13-3-1)40-18-10-19-44(33-40)51-22-11-21-45(43-26-25-38-14-4-5-15-39(38)32-43)50-30-36-24-27-46-49-34-41-16-6-7-17-42(41)35-53(49)60(52(46)31-36)58-48(57(50)59-51)28-29-55-56(58)47-20-8-9-23-54(47)61-55/h1-10,12-20,22-29,31-35H,11,21,30H2/b50-45+,51-22-,59-57-. The van der Waals surface area contributed by atoms with Gasteiger partial charge in [-0.15, -0.1) is 0 Å². The molecule has 2 aromatic heterocycles. The van der Waals surface area contributed by atoms with Gasteiger partial charge in [-0.05, 0) is 123 Å². The van der Waals surface area contributed by atoms with E-state index in [0.717, 1.165) is 69.4 Å². The van der Waals surface area contributed by atoms with Crippen molar-refractivity contribution in [1.29, 1.82) is 0 Å². The van der Waals surface area contributed by atoms with Crippen LogP contribution in [0.2, 0.25) is 0 Å². The average Bonchev–Trinajstić information content (AvgIpc) is 3.85. The van der Waals surface area contributed by atoms with Gasteiger partial charge < -0.3 is 8.98 Å². The molecule has 13 rings (SSSR count). The third kappa shape index (κ3) is 5.40. The Morgan fingerprint density at radius 2 is 1.20 bits per heavy atom. The SMILES string of the molecule is C1=C(c2cccc(-c3ccccc3)c2)/N=C2\C(=C(\c3ccc4ccccc4c3)CC\1)Cc1ccc3c4cc5ccccc5cc4n(c3c1)-c1c2ccc2oc3ccccc3c12. The second-order valence-corrected chi connectivity index (χ2v) is 16.6. The summed E-state index contributed by atoms with van der Waals surface area (Å²) in [5, 5.41) is 9.61. The van der Waals surface area contributed by atoms with E-state index >= 15 is 0 Å². The Morgan fingerprint density at radius 1 is 0.459 bits per heavy atom. The largest absolute Gasteiger partial charge is 0.456 e. The molecule has 3 nitrogen and oxygen atoms in total. The Hall–Kier alpha value is -7.75. The maximum atomic E-state index is 6.71. The van der Waals surface area contributed by atoms with Crippen molar-refractivity contribution in [1.82, 2.24) is 4.57 Å². The minimum Gasteiger partial charge on any atom is -0.456 e. The van der Waals surface area contributed by atoms with Crippen molar-refractivity contribution in [3.05, 3.63) is 222 Å². The molecule has 4 heterocycles. The number of aromatic nitrogens is 1. The van der Waals surface area contributed by atoms with Gasteiger partial charge in [0, 0.05) is 27.3 Å². The molecule has 0 saturated heterocycles. The van der Waals surface area contributed by atoms with Crippen molar-refractivity contribution < 1.29 is 4.42 Å². The summed E-state index contributed by atoms with van der Waals surface area (Å²) >= 11 is 0. The zero-order valence-electron chi connectivity index (χ0n) is 33.4. The molecule has 0 fully saturated rings. The van der Waals surface area contributed by atoms with Gasteiger partial charge in [0.1, 0.15) is 11.2 Å². The molecule has 0 amide bonds. The van der Waals surface area contributed by atoms with Gasteiger partial charge in [0.15, 0.2) is 0 Å². The number of furan rings is 1. The lowest BCUT2D eigenvalue weighted by Crippen LogP contribution is -2.15. The lowest BCUT2D eigenvalue weighted by atomic mass is 9.84. The van der Waals surface area contributed by atoms with Crippen LogP contribution in [0.1, 0.15) is 35.1 Å². The lowest BCUT2D eigenvalue weighted by molar-refractivity contribution is 0.669. The average molecular weight is 779 g/mol. The number of hydrogen-bond acceptors (Lipinski definition) is 2. The second-order valence-electron chi connectivity index (χ2n) is 16.6. The number of aliphatic imine (C=N–C) groups is 1. The van der Waals surface area contributed by atoms with Crippen molar-refractivity contribution in [2.24, 2.45) is 4.99 Å². The van der Waals surface area contributed by atoms with Crippen LogP contribution in [0.5, 0.6) is 0 Å². The first-order valence-corrected chi connectivity index (χ1v) is 21.3. The van der Waals surface area contributed by atoms with Gasteiger partial charge in [0.05, 0.1) is 33.5 Å². The fraction of sp³-hybridized carbons (Fsp3) is 0.0517. The predicted octanol–water partition coefficient (Wildman–Crippen LogP) is 15.3. The normalized spacial score (nSPS) is 17.0. The summed E-state index contributed by atoms with van der Waals surface area (Å²) in [7, 11) is 0. The van der Waals surface area contributed by atoms with Crippen LogP contribution in [0.4, 0.5) is 0 Å². The number of fused-ring (bicyclic) bond motifs is 14. The van der Waals surface area contributed by atoms with Crippen molar-refractivity contribution in [3.8, 4) is 16.8 Å². The van der Waals surface area contributed by atoms with E-state index in [0.29, 0.717) is 0 Å². The molecule has 0 unspecified atom stereocenters. The van der Waals surface area contributed by atoms with Crippen LogP contribution in [0, 0.1) is 0 Å². The number of para-hydroxylation sites is 1. The predicted molar refractivity (Wildman–Crippen MR) is 256 cm³/mol. The van der Waals surface area contributed by atoms with Crippen molar-refractivity contribution in [3.63, 3.8) is 0 Å². The van der Waals surface area contributed by atoms with Gasteiger partial charge in [-0.3, -0.25) is 0 Å². The molecule has 0 radical (unpaired) electrons. The number of nitrogens with zero attached hydrogens (tertiary/aromatic N) is 2. The van der Waals surface area contributed by atoms with Crippen molar-refractivity contribution in [2.75, 3.05) is 0 Å². The summed E-state index contributed by atoms with van der Waals surface area (Å²) in [5.41, 5.74) is 16.9. The highest BCUT2D eigenvalue weighted by Gasteiger charge is 2.29. The molecule has 0 spiro atoms. The smallest absolute Gasteiger partial charge is 0.137 e. The highest BCUT2D eigenvalue weighted by Crippen LogP contribution is 2.45. The molecule has 61 heavy (non-hydrogen) atoms. The van der Waals surface area contributed by atoms with E-state index < -0.39 is 0 Å². The van der Waals surface area contributed by atoms with E-state index in [2.05, 4.69) is 199 Å². The minimum absolute atomic E-state index is 0.737. The summed E-state index contributed by atoms with van der Waals surface area (Å²) in [6.07, 6.45) is 4.84. The molecule has 9 aromatic carbocycles. The van der Waals surface area contributed by atoms with Gasteiger partial charge >= 0.3 is 0 Å². The molecule has 11 aromatic rings. The van der Waals surface area contributed by atoms with Gasteiger partial charge in [0.2, 0.25) is 0 Å². The second kappa shape index (κ2) is 13.4. The molecule has 0 N–H and O–H groups in total. The summed E-state index contributed by atoms with van der Waals surface area (Å²) < 4.78 is 9.24.